The van der Waals surface area contributed by atoms with Crippen LogP contribution >= 0.6 is 0 Å². The summed E-state index contributed by atoms with van der Waals surface area (Å²) in [6.07, 6.45) is 4.70. The lowest BCUT2D eigenvalue weighted by Crippen LogP contribution is -2.20. The highest BCUT2D eigenvalue weighted by molar-refractivity contribution is 5.67. The molecule has 0 aliphatic heterocycles. The molecule has 1 atom stereocenters. The second kappa shape index (κ2) is 10.2. The lowest BCUT2D eigenvalue weighted by atomic mass is 10.1. The predicted molar refractivity (Wildman–Crippen MR) is 121 cm³/mol. The Morgan fingerprint density at radius 3 is 2.64 bits per heavy atom. The van der Waals surface area contributed by atoms with Crippen LogP contribution in [0.2, 0.25) is 0 Å². The molecule has 2 heterocycles. The molecule has 166 valence electrons. The second-order valence-electron chi connectivity index (χ2n) is 7.13. The van der Waals surface area contributed by atoms with Crippen LogP contribution in [-0.4, -0.2) is 42.9 Å². The molecule has 4 aromatic rings. The van der Waals surface area contributed by atoms with Crippen LogP contribution in [0.5, 0.6) is 11.5 Å². The smallest absolute Gasteiger partial charge is 0.227 e. The highest BCUT2D eigenvalue weighted by atomic mass is 16.5. The number of hydrogen-bond acceptors (Lipinski definition) is 9. The monoisotopic (exact) mass is 442 g/mol. The van der Waals surface area contributed by atoms with Gasteiger partial charge in [0.2, 0.25) is 5.95 Å². The van der Waals surface area contributed by atoms with E-state index >= 15 is 0 Å². The maximum absolute atomic E-state index is 9.48. The minimum atomic E-state index is -0.246. The summed E-state index contributed by atoms with van der Waals surface area (Å²) in [4.78, 5) is 8.85. The van der Waals surface area contributed by atoms with Crippen LogP contribution in [0.3, 0.4) is 0 Å². The molecule has 4 rings (SSSR count). The fourth-order valence-corrected chi connectivity index (χ4v) is 3.19. The molecule has 0 saturated carbocycles. The average molecular weight is 442 g/mol. The van der Waals surface area contributed by atoms with Gasteiger partial charge in [0.25, 0.3) is 0 Å². The van der Waals surface area contributed by atoms with Gasteiger partial charge in [-0.15, -0.1) is 5.10 Å². The van der Waals surface area contributed by atoms with Gasteiger partial charge in [-0.1, -0.05) is 18.2 Å². The zero-order chi connectivity index (χ0) is 23.0. The Morgan fingerprint density at radius 1 is 1.09 bits per heavy atom. The number of ether oxygens (including phenoxy) is 2. The third-order valence-electron chi connectivity index (χ3n) is 4.68. The van der Waals surface area contributed by atoms with E-state index in [4.69, 9.17) is 9.47 Å². The molecule has 2 aromatic heterocycles. The summed E-state index contributed by atoms with van der Waals surface area (Å²) < 4.78 is 13.2. The van der Waals surface area contributed by atoms with Gasteiger partial charge in [0, 0.05) is 18.0 Å². The number of tetrazole rings is 1. The number of para-hydroxylation sites is 2. The lowest BCUT2D eigenvalue weighted by Gasteiger charge is -2.16. The van der Waals surface area contributed by atoms with E-state index in [1.54, 1.807) is 23.1 Å². The first kappa shape index (κ1) is 21.7. The quantitative estimate of drug-likeness (QED) is 0.414. The SMILES string of the molecule is CCOc1ccccc1Nc1ncc(-c2ccc(C#N)c(OC(C)Cn3cnnn3)c2)cn1. The molecular formula is C23H22N8O2. The van der Waals surface area contributed by atoms with Crippen LogP contribution in [-0.2, 0) is 6.54 Å². The predicted octanol–water partition coefficient (Wildman–Crippen LogP) is 3.61. The van der Waals surface area contributed by atoms with Gasteiger partial charge >= 0.3 is 0 Å². The van der Waals surface area contributed by atoms with E-state index in [1.165, 1.54) is 6.33 Å². The molecule has 1 unspecified atom stereocenters. The normalized spacial score (nSPS) is 11.4. The van der Waals surface area contributed by atoms with Crippen LogP contribution < -0.4 is 14.8 Å². The Hall–Kier alpha value is -4.52. The van der Waals surface area contributed by atoms with E-state index in [9.17, 15) is 5.26 Å². The molecule has 33 heavy (non-hydrogen) atoms. The summed E-state index contributed by atoms with van der Waals surface area (Å²) in [7, 11) is 0. The molecule has 10 nitrogen and oxygen atoms in total. The molecule has 0 aliphatic carbocycles. The van der Waals surface area contributed by atoms with E-state index < -0.39 is 0 Å². The number of nitrogens with zero attached hydrogens (tertiary/aromatic N) is 7. The standard InChI is InChI=1S/C23H22N8O2/c1-3-32-21-7-5-4-6-20(21)28-23-25-12-19(13-26-23)17-8-9-18(11-24)22(10-17)33-16(2)14-31-15-27-29-30-31/h4-10,12-13,15-16H,3,14H2,1-2H3,(H,25,26,28). The Morgan fingerprint density at radius 2 is 1.91 bits per heavy atom. The van der Waals surface area contributed by atoms with Gasteiger partial charge in [-0.05, 0) is 54.1 Å². The van der Waals surface area contributed by atoms with Crippen molar-refractivity contribution in [2.45, 2.75) is 26.5 Å². The largest absolute Gasteiger partial charge is 0.492 e. The molecular weight excluding hydrogens is 420 g/mol. The van der Waals surface area contributed by atoms with Crippen molar-refractivity contribution >= 4 is 11.6 Å². The van der Waals surface area contributed by atoms with Gasteiger partial charge in [0.15, 0.2) is 0 Å². The van der Waals surface area contributed by atoms with E-state index in [-0.39, 0.29) is 6.10 Å². The molecule has 1 N–H and O–H groups in total. The average Bonchev–Trinajstić information content (AvgIpc) is 3.34. The van der Waals surface area contributed by atoms with Crippen LogP contribution in [0.25, 0.3) is 11.1 Å². The topological polar surface area (TPSA) is 124 Å². The number of aromatic nitrogens is 6. The Bertz CT molecular complexity index is 1240. The Kier molecular flexibility index (Phi) is 6.70. The number of rotatable bonds is 9. The number of anilines is 2. The fraction of sp³-hybridized carbons (Fsp3) is 0.217. The number of nitriles is 1. The molecule has 0 bridgehead atoms. The first-order valence-electron chi connectivity index (χ1n) is 10.4. The first-order chi connectivity index (χ1) is 16.2. The lowest BCUT2D eigenvalue weighted by molar-refractivity contribution is 0.192. The van der Waals surface area contributed by atoms with Crippen LogP contribution in [0, 0.1) is 11.3 Å². The van der Waals surface area contributed by atoms with Gasteiger partial charge in [0.05, 0.1) is 24.4 Å². The molecule has 0 fully saturated rings. The van der Waals surface area contributed by atoms with Crippen molar-refractivity contribution in [2.75, 3.05) is 11.9 Å². The summed E-state index contributed by atoms with van der Waals surface area (Å²) >= 11 is 0. The van der Waals surface area contributed by atoms with Crippen LogP contribution in [0.1, 0.15) is 19.4 Å². The third-order valence-corrected chi connectivity index (χ3v) is 4.68. The van der Waals surface area contributed by atoms with Gasteiger partial charge in [-0.3, -0.25) is 0 Å². The fourth-order valence-electron chi connectivity index (χ4n) is 3.19. The zero-order valence-electron chi connectivity index (χ0n) is 18.2. The molecule has 0 saturated heterocycles. The zero-order valence-corrected chi connectivity index (χ0v) is 18.2. The molecule has 0 amide bonds. The summed E-state index contributed by atoms with van der Waals surface area (Å²) in [5.74, 6) is 1.66. The minimum Gasteiger partial charge on any atom is -0.492 e. The second-order valence-corrected chi connectivity index (χ2v) is 7.13. The summed E-state index contributed by atoms with van der Waals surface area (Å²) in [5, 5.41) is 23.7. The van der Waals surface area contributed by atoms with E-state index in [0.717, 1.165) is 22.6 Å². The summed E-state index contributed by atoms with van der Waals surface area (Å²) in [6.45, 7) is 4.84. The Labute approximate surface area is 190 Å². The van der Waals surface area contributed by atoms with Crippen molar-refractivity contribution < 1.29 is 9.47 Å². The summed E-state index contributed by atoms with van der Waals surface area (Å²) in [6, 6.07) is 15.2. The minimum absolute atomic E-state index is 0.246. The molecule has 0 spiro atoms. The van der Waals surface area contributed by atoms with Gasteiger partial charge in [0.1, 0.15) is 30.0 Å². The highest BCUT2D eigenvalue weighted by Gasteiger charge is 2.13. The third kappa shape index (κ3) is 5.40. The first-order valence-corrected chi connectivity index (χ1v) is 10.4. The van der Waals surface area contributed by atoms with E-state index in [1.807, 2.05) is 50.2 Å². The Balaban J connectivity index is 1.51. The van der Waals surface area contributed by atoms with Gasteiger partial charge in [-0.2, -0.15) is 5.26 Å². The maximum atomic E-state index is 9.48. The van der Waals surface area contributed by atoms with Crippen molar-refractivity contribution in [1.82, 2.24) is 30.2 Å². The van der Waals surface area contributed by atoms with Crippen molar-refractivity contribution in [1.29, 1.82) is 5.26 Å². The highest BCUT2D eigenvalue weighted by Crippen LogP contribution is 2.29. The number of nitrogens with one attached hydrogen (secondary N) is 1. The molecule has 10 heteroatoms. The van der Waals surface area contributed by atoms with Crippen molar-refractivity contribution in [2.24, 2.45) is 0 Å². The summed E-state index contributed by atoms with van der Waals surface area (Å²) in [5.41, 5.74) is 2.85. The van der Waals surface area contributed by atoms with Crippen molar-refractivity contribution in [3.63, 3.8) is 0 Å². The van der Waals surface area contributed by atoms with Crippen molar-refractivity contribution in [3.05, 3.63) is 66.7 Å². The van der Waals surface area contributed by atoms with Crippen LogP contribution in [0.4, 0.5) is 11.6 Å². The number of hydrogen-bond donors (Lipinski definition) is 1. The van der Waals surface area contributed by atoms with E-state index in [0.29, 0.717) is 30.4 Å². The van der Waals surface area contributed by atoms with E-state index in [2.05, 4.69) is 36.9 Å². The number of benzene rings is 2. The van der Waals surface area contributed by atoms with Gasteiger partial charge < -0.3 is 14.8 Å². The van der Waals surface area contributed by atoms with Gasteiger partial charge in [-0.25, -0.2) is 14.6 Å². The van der Waals surface area contributed by atoms with Crippen LogP contribution in [0.15, 0.2) is 61.2 Å². The maximum Gasteiger partial charge on any atom is 0.227 e. The molecule has 0 radical (unpaired) electrons. The van der Waals surface area contributed by atoms with Crippen molar-refractivity contribution in [3.8, 4) is 28.7 Å². The molecule has 2 aromatic carbocycles. The molecule has 0 aliphatic rings.